The number of aryl methyl sites for hydroxylation is 1. The van der Waals surface area contributed by atoms with Crippen LogP contribution < -0.4 is 0 Å². The van der Waals surface area contributed by atoms with Gasteiger partial charge in [-0.25, -0.2) is 9.97 Å². The summed E-state index contributed by atoms with van der Waals surface area (Å²) in [7, 11) is 2.13. The maximum atomic E-state index is 6.23. The van der Waals surface area contributed by atoms with E-state index in [0.29, 0.717) is 11.2 Å². The molecule has 0 aliphatic carbocycles. The summed E-state index contributed by atoms with van der Waals surface area (Å²) >= 11 is 12.2. The van der Waals surface area contributed by atoms with Gasteiger partial charge in [-0.1, -0.05) is 49.2 Å². The molecule has 1 atom stereocenters. The van der Waals surface area contributed by atoms with Crippen LogP contribution in [-0.4, -0.2) is 21.9 Å². The number of fused-ring (bicyclic) bond motifs is 1. The Kier molecular flexibility index (Phi) is 4.67. The lowest BCUT2D eigenvalue weighted by Gasteiger charge is -2.35. The van der Waals surface area contributed by atoms with Crippen LogP contribution in [0.1, 0.15) is 41.8 Å². The van der Waals surface area contributed by atoms with Crippen molar-refractivity contribution in [2.45, 2.75) is 38.8 Å². The molecule has 2 heterocycles. The second-order valence-corrected chi connectivity index (χ2v) is 6.49. The van der Waals surface area contributed by atoms with Crippen LogP contribution in [0, 0.1) is 0 Å². The molecule has 0 fully saturated rings. The number of rotatable bonds is 3. The minimum absolute atomic E-state index is 0.230. The number of hydrogen-bond donors (Lipinski definition) is 0. The number of halogens is 2. The van der Waals surface area contributed by atoms with Crippen LogP contribution in [0.3, 0.4) is 0 Å². The fraction of sp³-hybridized carbons (Fsp3) is 0.412. The second-order valence-electron chi connectivity index (χ2n) is 5.79. The monoisotopic (exact) mass is 335 g/mol. The Morgan fingerprint density at radius 3 is 2.77 bits per heavy atom. The Bertz CT molecular complexity index is 688. The summed E-state index contributed by atoms with van der Waals surface area (Å²) in [6.07, 6.45) is 3.05. The fourth-order valence-corrected chi connectivity index (χ4v) is 3.68. The van der Waals surface area contributed by atoms with Crippen molar-refractivity contribution in [2.75, 3.05) is 7.05 Å². The SMILES string of the molecule is CCCc1ccccc1C1Cc2nc(Cl)nc(Cl)c2CN1C. The minimum atomic E-state index is 0.230. The van der Waals surface area contributed by atoms with Crippen LogP contribution in [0.4, 0.5) is 0 Å². The first-order chi connectivity index (χ1) is 10.6. The first-order valence-corrected chi connectivity index (χ1v) is 8.34. The Balaban J connectivity index is 2.00. The quantitative estimate of drug-likeness (QED) is 0.612. The van der Waals surface area contributed by atoms with E-state index >= 15 is 0 Å². The van der Waals surface area contributed by atoms with Crippen molar-refractivity contribution in [1.82, 2.24) is 14.9 Å². The molecule has 1 unspecified atom stereocenters. The van der Waals surface area contributed by atoms with Gasteiger partial charge in [0.2, 0.25) is 5.28 Å². The van der Waals surface area contributed by atoms with E-state index in [2.05, 4.69) is 53.1 Å². The van der Waals surface area contributed by atoms with Gasteiger partial charge in [0.15, 0.2) is 0 Å². The number of hydrogen-bond acceptors (Lipinski definition) is 3. The summed E-state index contributed by atoms with van der Waals surface area (Å²) in [6.45, 7) is 2.96. The Hall–Kier alpha value is -1.16. The molecule has 0 amide bonds. The molecule has 0 N–H and O–H groups in total. The van der Waals surface area contributed by atoms with Gasteiger partial charge < -0.3 is 0 Å². The molecular weight excluding hydrogens is 317 g/mol. The van der Waals surface area contributed by atoms with E-state index in [1.807, 2.05) is 0 Å². The molecule has 2 aromatic rings. The van der Waals surface area contributed by atoms with Gasteiger partial charge in [-0.3, -0.25) is 4.90 Å². The van der Waals surface area contributed by atoms with Crippen molar-refractivity contribution < 1.29 is 0 Å². The molecule has 3 rings (SSSR count). The van der Waals surface area contributed by atoms with Gasteiger partial charge in [-0.15, -0.1) is 0 Å². The topological polar surface area (TPSA) is 29.0 Å². The molecule has 5 heteroatoms. The van der Waals surface area contributed by atoms with E-state index < -0.39 is 0 Å². The minimum Gasteiger partial charge on any atom is -0.295 e. The Morgan fingerprint density at radius 2 is 2.00 bits per heavy atom. The highest BCUT2D eigenvalue weighted by atomic mass is 35.5. The molecule has 0 radical (unpaired) electrons. The summed E-state index contributed by atoms with van der Waals surface area (Å²) in [5.41, 5.74) is 4.76. The van der Waals surface area contributed by atoms with E-state index in [4.69, 9.17) is 23.2 Å². The summed E-state index contributed by atoms with van der Waals surface area (Å²) < 4.78 is 0. The van der Waals surface area contributed by atoms with Gasteiger partial charge in [0.25, 0.3) is 0 Å². The number of likely N-dealkylation sites (N-methyl/N-ethyl adjacent to an activating group) is 1. The number of aromatic nitrogens is 2. The van der Waals surface area contributed by atoms with Crippen LogP contribution in [0.15, 0.2) is 24.3 Å². The Labute approximate surface area is 141 Å². The normalized spacial score (nSPS) is 18.3. The molecule has 1 aromatic heterocycles. The molecule has 3 nitrogen and oxygen atoms in total. The maximum Gasteiger partial charge on any atom is 0.224 e. The average molecular weight is 336 g/mol. The third kappa shape index (κ3) is 2.98. The van der Waals surface area contributed by atoms with Gasteiger partial charge in [-0.05, 0) is 36.2 Å². The molecule has 22 heavy (non-hydrogen) atoms. The standard InChI is InChI=1S/C17H19Cl2N3/c1-3-6-11-7-4-5-8-12(11)15-9-14-13(10-22(15)2)16(18)21-17(19)20-14/h4-5,7-8,15H,3,6,9-10H2,1-2H3. The molecule has 0 saturated heterocycles. The fourth-order valence-electron chi connectivity index (χ4n) is 3.20. The molecule has 0 bridgehead atoms. The zero-order valence-corrected chi connectivity index (χ0v) is 14.3. The van der Waals surface area contributed by atoms with Crippen LogP contribution in [-0.2, 0) is 19.4 Å². The van der Waals surface area contributed by atoms with Crippen molar-refractivity contribution >= 4 is 23.2 Å². The van der Waals surface area contributed by atoms with E-state index in [1.165, 1.54) is 11.1 Å². The van der Waals surface area contributed by atoms with Crippen molar-refractivity contribution in [3.63, 3.8) is 0 Å². The smallest absolute Gasteiger partial charge is 0.224 e. The molecule has 1 aliphatic rings. The first-order valence-electron chi connectivity index (χ1n) is 7.59. The van der Waals surface area contributed by atoms with E-state index in [-0.39, 0.29) is 5.28 Å². The molecule has 1 aliphatic heterocycles. The highest BCUT2D eigenvalue weighted by Gasteiger charge is 2.29. The zero-order chi connectivity index (χ0) is 15.7. The lowest BCUT2D eigenvalue weighted by molar-refractivity contribution is 0.214. The van der Waals surface area contributed by atoms with Crippen molar-refractivity contribution in [1.29, 1.82) is 0 Å². The molecular formula is C17H19Cl2N3. The zero-order valence-electron chi connectivity index (χ0n) is 12.8. The summed E-state index contributed by atoms with van der Waals surface area (Å²) in [5.74, 6) is 0. The second kappa shape index (κ2) is 6.53. The highest BCUT2D eigenvalue weighted by molar-refractivity contribution is 6.32. The van der Waals surface area contributed by atoms with Crippen LogP contribution in [0.5, 0.6) is 0 Å². The summed E-state index contributed by atoms with van der Waals surface area (Å²) in [4.78, 5) is 10.8. The van der Waals surface area contributed by atoms with Crippen LogP contribution in [0.2, 0.25) is 10.4 Å². The van der Waals surface area contributed by atoms with Crippen molar-refractivity contribution in [2.24, 2.45) is 0 Å². The average Bonchev–Trinajstić information content (AvgIpc) is 2.49. The van der Waals surface area contributed by atoms with E-state index in [1.54, 1.807) is 0 Å². The van der Waals surface area contributed by atoms with Crippen molar-refractivity contribution in [3.8, 4) is 0 Å². The third-order valence-corrected chi connectivity index (χ3v) is 4.76. The van der Waals surface area contributed by atoms with Gasteiger partial charge in [0, 0.05) is 24.6 Å². The summed E-state index contributed by atoms with van der Waals surface area (Å²) in [5, 5.41) is 0.705. The Morgan fingerprint density at radius 1 is 1.23 bits per heavy atom. The van der Waals surface area contributed by atoms with Crippen molar-refractivity contribution in [3.05, 3.63) is 57.1 Å². The summed E-state index contributed by atoms with van der Waals surface area (Å²) in [6, 6.07) is 8.97. The maximum absolute atomic E-state index is 6.23. The van der Waals surface area contributed by atoms with Gasteiger partial charge in [0.05, 0.1) is 5.69 Å². The highest BCUT2D eigenvalue weighted by Crippen LogP contribution is 2.35. The van der Waals surface area contributed by atoms with Gasteiger partial charge >= 0.3 is 0 Å². The molecule has 0 saturated carbocycles. The molecule has 116 valence electrons. The van der Waals surface area contributed by atoms with Gasteiger partial charge in [-0.2, -0.15) is 0 Å². The van der Waals surface area contributed by atoms with Crippen LogP contribution in [0.25, 0.3) is 0 Å². The van der Waals surface area contributed by atoms with E-state index in [9.17, 15) is 0 Å². The van der Waals surface area contributed by atoms with E-state index in [0.717, 1.165) is 37.1 Å². The first kappa shape index (κ1) is 15.7. The number of nitrogens with zero attached hydrogens (tertiary/aromatic N) is 3. The predicted molar refractivity (Wildman–Crippen MR) is 90.4 cm³/mol. The largest absolute Gasteiger partial charge is 0.295 e. The molecule has 1 aromatic carbocycles. The van der Waals surface area contributed by atoms with Gasteiger partial charge in [0.1, 0.15) is 5.15 Å². The lowest BCUT2D eigenvalue weighted by Crippen LogP contribution is -2.32. The van der Waals surface area contributed by atoms with Crippen LogP contribution >= 0.6 is 23.2 Å². The lowest BCUT2D eigenvalue weighted by atomic mass is 9.90. The predicted octanol–water partition coefficient (Wildman–Crippen LogP) is 4.47. The molecule has 0 spiro atoms. The number of benzene rings is 1. The third-order valence-electron chi connectivity index (χ3n) is 4.27.